The van der Waals surface area contributed by atoms with Crippen LogP contribution >= 0.6 is 0 Å². The van der Waals surface area contributed by atoms with Gasteiger partial charge in [-0.3, -0.25) is 9.69 Å². The van der Waals surface area contributed by atoms with Crippen LogP contribution in [0.4, 0.5) is 11.5 Å². The van der Waals surface area contributed by atoms with Crippen molar-refractivity contribution in [1.82, 2.24) is 4.98 Å². The van der Waals surface area contributed by atoms with Gasteiger partial charge >= 0.3 is 0 Å². The lowest BCUT2D eigenvalue weighted by Crippen LogP contribution is -2.21. The fourth-order valence-corrected chi connectivity index (χ4v) is 1.99. The second kappa shape index (κ2) is 3.45. The molecule has 0 fully saturated rings. The number of hydrogen-bond donors (Lipinski definition) is 0. The molecular formula is C13H10N2O. The number of benzene rings is 1. The number of nitrogens with zero attached hydrogens (tertiary/aromatic N) is 2. The van der Waals surface area contributed by atoms with Crippen LogP contribution in [0.25, 0.3) is 0 Å². The van der Waals surface area contributed by atoms with Gasteiger partial charge in [0.1, 0.15) is 5.82 Å². The maximum atomic E-state index is 11.9. The number of carbonyl (C=O) groups excluding carboxylic acids is 1. The van der Waals surface area contributed by atoms with Crippen molar-refractivity contribution in [3.05, 3.63) is 54.2 Å². The van der Waals surface area contributed by atoms with Crippen LogP contribution in [0.3, 0.4) is 0 Å². The third kappa shape index (κ3) is 1.29. The summed E-state index contributed by atoms with van der Waals surface area (Å²) >= 11 is 0. The normalized spacial score (nSPS) is 14.0. The summed E-state index contributed by atoms with van der Waals surface area (Å²) in [5.41, 5.74) is 2.02. The Balaban J connectivity index is 2.13. The van der Waals surface area contributed by atoms with E-state index < -0.39 is 0 Å². The molecule has 0 atom stereocenters. The molecule has 0 radical (unpaired) electrons. The van der Waals surface area contributed by atoms with Gasteiger partial charge in [-0.05, 0) is 23.8 Å². The summed E-state index contributed by atoms with van der Waals surface area (Å²) in [5, 5.41) is 0. The van der Waals surface area contributed by atoms with E-state index >= 15 is 0 Å². The predicted octanol–water partition coefficient (Wildman–Crippen LogP) is 2.30. The molecular weight excluding hydrogens is 200 g/mol. The van der Waals surface area contributed by atoms with Crippen LogP contribution in [-0.2, 0) is 11.2 Å². The van der Waals surface area contributed by atoms with Crippen LogP contribution in [-0.4, -0.2) is 10.9 Å². The fourth-order valence-electron chi connectivity index (χ4n) is 1.99. The van der Waals surface area contributed by atoms with E-state index in [0.29, 0.717) is 12.2 Å². The van der Waals surface area contributed by atoms with Crippen molar-refractivity contribution in [2.24, 2.45) is 0 Å². The minimum Gasteiger partial charge on any atom is -0.274 e. The van der Waals surface area contributed by atoms with Gasteiger partial charge in [-0.1, -0.05) is 24.3 Å². The molecule has 16 heavy (non-hydrogen) atoms. The molecule has 0 spiro atoms. The zero-order valence-corrected chi connectivity index (χ0v) is 8.63. The summed E-state index contributed by atoms with van der Waals surface area (Å²) < 4.78 is 0. The van der Waals surface area contributed by atoms with Gasteiger partial charge in [-0.2, -0.15) is 0 Å². The maximum Gasteiger partial charge on any atom is 0.237 e. The minimum absolute atomic E-state index is 0.0832. The van der Waals surface area contributed by atoms with Crippen molar-refractivity contribution in [2.75, 3.05) is 4.90 Å². The number of fused-ring (bicyclic) bond motifs is 1. The fraction of sp³-hybridized carbons (Fsp3) is 0.0769. The molecule has 2 aromatic rings. The molecule has 3 rings (SSSR count). The Labute approximate surface area is 93.4 Å². The monoisotopic (exact) mass is 210 g/mol. The average Bonchev–Trinajstić information content (AvgIpc) is 2.66. The van der Waals surface area contributed by atoms with E-state index in [2.05, 4.69) is 4.98 Å². The van der Waals surface area contributed by atoms with Gasteiger partial charge in [0.2, 0.25) is 5.91 Å². The lowest BCUT2D eigenvalue weighted by molar-refractivity contribution is -0.116. The highest BCUT2D eigenvalue weighted by Gasteiger charge is 2.28. The third-order valence-electron chi connectivity index (χ3n) is 2.70. The van der Waals surface area contributed by atoms with E-state index in [1.54, 1.807) is 11.1 Å². The molecule has 3 nitrogen and oxygen atoms in total. The molecule has 2 heterocycles. The van der Waals surface area contributed by atoms with Gasteiger partial charge in [0.05, 0.1) is 12.1 Å². The Morgan fingerprint density at radius 2 is 1.88 bits per heavy atom. The first kappa shape index (κ1) is 9.09. The Morgan fingerprint density at radius 3 is 2.69 bits per heavy atom. The topological polar surface area (TPSA) is 33.2 Å². The van der Waals surface area contributed by atoms with Gasteiger partial charge in [-0.15, -0.1) is 0 Å². The van der Waals surface area contributed by atoms with Crippen molar-refractivity contribution >= 4 is 17.4 Å². The number of rotatable bonds is 1. The minimum atomic E-state index is 0.0832. The van der Waals surface area contributed by atoms with E-state index in [0.717, 1.165) is 11.3 Å². The van der Waals surface area contributed by atoms with Crippen molar-refractivity contribution in [3.8, 4) is 0 Å². The molecule has 1 amide bonds. The van der Waals surface area contributed by atoms with Crippen molar-refractivity contribution < 1.29 is 4.79 Å². The van der Waals surface area contributed by atoms with Crippen LogP contribution < -0.4 is 4.90 Å². The first-order valence-corrected chi connectivity index (χ1v) is 5.18. The van der Waals surface area contributed by atoms with Crippen LogP contribution in [0.15, 0.2) is 48.7 Å². The van der Waals surface area contributed by atoms with E-state index in [4.69, 9.17) is 0 Å². The molecule has 1 aromatic heterocycles. The first-order valence-electron chi connectivity index (χ1n) is 5.18. The Kier molecular flexibility index (Phi) is 1.96. The van der Waals surface area contributed by atoms with Crippen LogP contribution in [0, 0.1) is 0 Å². The van der Waals surface area contributed by atoms with Crippen LogP contribution in [0.1, 0.15) is 5.56 Å². The van der Waals surface area contributed by atoms with Crippen molar-refractivity contribution in [3.63, 3.8) is 0 Å². The summed E-state index contributed by atoms with van der Waals surface area (Å²) in [7, 11) is 0. The lowest BCUT2D eigenvalue weighted by atomic mass is 10.2. The van der Waals surface area contributed by atoms with Gasteiger partial charge in [0.25, 0.3) is 0 Å². The molecule has 1 aliphatic rings. The summed E-state index contributed by atoms with van der Waals surface area (Å²) in [5.74, 6) is 0.775. The SMILES string of the molecule is O=C1Cc2ccccc2N1c1ccccn1. The molecule has 0 bridgehead atoms. The molecule has 1 aliphatic heterocycles. The van der Waals surface area contributed by atoms with Gasteiger partial charge < -0.3 is 0 Å². The van der Waals surface area contributed by atoms with E-state index in [9.17, 15) is 4.79 Å². The zero-order valence-electron chi connectivity index (χ0n) is 8.63. The Bertz CT molecular complexity index is 537. The largest absolute Gasteiger partial charge is 0.274 e. The van der Waals surface area contributed by atoms with Crippen molar-refractivity contribution in [2.45, 2.75) is 6.42 Å². The molecule has 3 heteroatoms. The zero-order chi connectivity index (χ0) is 11.0. The highest BCUT2D eigenvalue weighted by atomic mass is 16.2. The van der Waals surface area contributed by atoms with E-state index in [1.807, 2.05) is 42.5 Å². The molecule has 0 N–H and O–H groups in total. The second-order valence-corrected chi connectivity index (χ2v) is 3.72. The molecule has 1 aromatic carbocycles. The predicted molar refractivity (Wildman–Crippen MR) is 61.5 cm³/mol. The Morgan fingerprint density at radius 1 is 1.06 bits per heavy atom. The number of anilines is 2. The summed E-state index contributed by atoms with van der Waals surface area (Å²) in [6.07, 6.45) is 2.16. The first-order chi connectivity index (χ1) is 7.86. The van der Waals surface area contributed by atoms with Crippen LogP contribution in [0.2, 0.25) is 0 Å². The standard InChI is InChI=1S/C13H10N2O/c16-13-9-10-5-1-2-6-11(10)15(13)12-7-3-4-8-14-12/h1-8H,9H2. The van der Waals surface area contributed by atoms with E-state index in [-0.39, 0.29) is 5.91 Å². The number of amides is 1. The number of para-hydroxylation sites is 1. The number of pyridine rings is 1. The number of aromatic nitrogens is 1. The quantitative estimate of drug-likeness (QED) is 0.723. The summed E-state index contributed by atoms with van der Waals surface area (Å²) in [6, 6.07) is 13.4. The molecule has 0 unspecified atom stereocenters. The lowest BCUT2D eigenvalue weighted by Gasteiger charge is -2.15. The smallest absolute Gasteiger partial charge is 0.237 e. The molecule has 0 saturated heterocycles. The summed E-state index contributed by atoms with van der Waals surface area (Å²) in [4.78, 5) is 17.8. The second-order valence-electron chi connectivity index (χ2n) is 3.72. The number of hydrogen-bond acceptors (Lipinski definition) is 2. The average molecular weight is 210 g/mol. The molecule has 0 saturated carbocycles. The highest BCUT2D eigenvalue weighted by molar-refractivity contribution is 6.06. The van der Waals surface area contributed by atoms with E-state index in [1.165, 1.54) is 0 Å². The maximum absolute atomic E-state index is 11.9. The third-order valence-corrected chi connectivity index (χ3v) is 2.70. The van der Waals surface area contributed by atoms with Gasteiger partial charge in [0.15, 0.2) is 0 Å². The van der Waals surface area contributed by atoms with Gasteiger partial charge in [-0.25, -0.2) is 4.98 Å². The molecule has 78 valence electrons. The van der Waals surface area contributed by atoms with Crippen LogP contribution in [0.5, 0.6) is 0 Å². The number of carbonyl (C=O) groups is 1. The summed E-state index contributed by atoms with van der Waals surface area (Å²) in [6.45, 7) is 0. The molecule has 0 aliphatic carbocycles. The Hall–Kier alpha value is -2.16. The highest BCUT2D eigenvalue weighted by Crippen LogP contribution is 2.33. The van der Waals surface area contributed by atoms with Crippen molar-refractivity contribution in [1.29, 1.82) is 0 Å². The van der Waals surface area contributed by atoms with Gasteiger partial charge in [0, 0.05) is 6.20 Å².